The molecular formula is C46H42ClFN6O7S. The van der Waals surface area contributed by atoms with Crippen LogP contribution in [0.3, 0.4) is 0 Å². The molecule has 0 aliphatic carbocycles. The monoisotopic (exact) mass is 876 g/mol. The minimum atomic E-state index is -1.44. The highest BCUT2D eigenvalue weighted by atomic mass is 35.5. The number of fused-ring (bicyclic) bond motifs is 1. The second kappa shape index (κ2) is 19.1. The maximum absolute atomic E-state index is 14.2. The summed E-state index contributed by atoms with van der Waals surface area (Å²) in [6.07, 6.45) is 1.38. The summed E-state index contributed by atoms with van der Waals surface area (Å²) in [6, 6.07) is 25.5. The van der Waals surface area contributed by atoms with E-state index < -0.39 is 17.9 Å². The first kappa shape index (κ1) is 42.3. The fraction of sp³-hybridized carbons (Fsp3) is 0.239. The van der Waals surface area contributed by atoms with Gasteiger partial charge < -0.3 is 34.1 Å². The third-order valence-electron chi connectivity index (χ3n) is 10.5. The molecule has 0 bridgehead atoms. The molecule has 0 unspecified atom stereocenters. The van der Waals surface area contributed by atoms with Gasteiger partial charge in [0.1, 0.15) is 58.2 Å². The van der Waals surface area contributed by atoms with E-state index in [1.807, 2.05) is 24.3 Å². The summed E-state index contributed by atoms with van der Waals surface area (Å²) in [4.78, 5) is 36.6. The van der Waals surface area contributed by atoms with Gasteiger partial charge in [-0.25, -0.2) is 29.1 Å². The number of thiophene rings is 1. The van der Waals surface area contributed by atoms with Gasteiger partial charge in [-0.1, -0.05) is 54.1 Å². The molecule has 318 valence electrons. The van der Waals surface area contributed by atoms with Crippen molar-refractivity contribution in [2.24, 2.45) is 0 Å². The van der Waals surface area contributed by atoms with Crippen molar-refractivity contribution in [3.05, 3.63) is 126 Å². The number of phenols is 1. The number of nitrogens with zero attached hydrogens (tertiary/aromatic N) is 6. The van der Waals surface area contributed by atoms with Crippen molar-refractivity contribution < 1.29 is 38.3 Å². The summed E-state index contributed by atoms with van der Waals surface area (Å²) in [7, 11) is 3.68. The molecule has 8 rings (SSSR count). The number of carboxylic acids is 1. The van der Waals surface area contributed by atoms with Gasteiger partial charge in [-0.3, -0.25) is 4.90 Å². The normalized spacial score (nSPS) is 13.8. The molecule has 62 heavy (non-hydrogen) atoms. The lowest BCUT2D eigenvalue weighted by Gasteiger charge is -2.32. The Bertz CT molecular complexity index is 2700. The van der Waals surface area contributed by atoms with Crippen molar-refractivity contribution in [2.75, 3.05) is 53.5 Å². The second-order valence-electron chi connectivity index (χ2n) is 14.6. The molecule has 0 spiro atoms. The molecule has 7 aromatic rings. The molecule has 3 aromatic heterocycles. The van der Waals surface area contributed by atoms with E-state index in [1.54, 1.807) is 67.9 Å². The highest BCUT2D eigenvalue weighted by molar-refractivity contribution is 7.22. The Morgan fingerprint density at radius 3 is 2.42 bits per heavy atom. The molecule has 1 atom stereocenters. The minimum absolute atomic E-state index is 0.00241. The van der Waals surface area contributed by atoms with Gasteiger partial charge in [-0.2, -0.15) is 0 Å². The molecule has 2 N–H and O–H groups in total. The number of halogens is 2. The number of rotatable bonds is 16. The van der Waals surface area contributed by atoms with E-state index in [4.69, 9.17) is 30.5 Å². The summed E-state index contributed by atoms with van der Waals surface area (Å²) in [5.74, 6) is -0.119. The van der Waals surface area contributed by atoms with E-state index in [0.717, 1.165) is 31.7 Å². The van der Waals surface area contributed by atoms with Crippen LogP contribution >= 0.6 is 22.9 Å². The Labute approximate surface area is 365 Å². The lowest BCUT2D eigenvalue weighted by Crippen LogP contribution is -2.45. The van der Waals surface area contributed by atoms with E-state index in [1.165, 1.54) is 29.8 Å². The molecule has 16 heteroatoms. The summed E-state index contributed by atoms with van der Waals surface area (Å²) in [6.45, 7) is 4.95. The third-order valence-corrected chi connectivity index (χ3v) is 12.0. The fourth-order valence-electron chi connectivity index (χ4n) is 7.19. The Kier molecular flexibility index (Phi) is 13.0. The van der Waals surface area contributed by atoms with Gasteiger partial charge in [0.05, 0.1) is 23.8 Å². The largest absolute Gasteiger partial charge is 0.506 e. The predicted molar refractivity (Wildman–Crippen MR) is 235 cm³/mol. The second-order valence-corrected chi connectivity index (χ2v) is 15.9. The van der Waals surface area contributed by atoms with Crippen LogP contribution < -0.4 is 18.9 Å². The van der Waals surface area contributed by atoms with Crippen LogP contribution in [0, 0.1) is 5.82 Å². The van der Waals surface area contributed by atoms with Crippen LogP contribution in [0.5, 0.6) is 28.9 Å². The van der Waals surface area contributed by atoms with E-state index >= 15 is 0 Å². The van der Waals surface area contributed by atoms with Gasteiger partial charge in [0, 0.05) is 61.3 Å². The zero-order valence-electron chi connectivity index (χ0n) is 33.8. The van der Waals surface area contributed by atoms with E-state index in [-0.39, 0.29) is 29.7 Å². The summed E-state index contributed by atoms with van der Waals surface area (Å²) in [5, 5.41) is 22.7. The van der Waals surface area contributed by atoms with Crippen LogP contribution in [0.15, 0.2) is 104 Å². The molecule has 0 saturated carbocycles. The maximum Gasteiger partial charge on any atom is 0.345 e. The fourth-order valence-corrected chi connectivity index (χ4v) is 8.56. The number of methoxy groups -OCH3 is 1. The number of aliphatic carboxylic acids is 1. The number of likely N-dealkylation sites (N-methyl/N-ethyl adjacent to an activating group) is 1. The van der Waals surface area contributed by atoms with Crippen LogP contribution in [-0.4, -0.2) is 106 Å². The topological polar surface area (TPSA) is 152 Å². The summed E-state index contributed by atoms with van der Waals surface area (Å²) >= 11 is 8.06. The quantitative estimate of drug-likeness (QED) is 0.0959. The predicted octanol–water partition coefficient (Wildman–Crippen LogP) is 8.27. The number of carboxylic acid groups (broad SMARTS) is 1. The summed E-state index contributed by atoms with van der Waals surface area (Å²) in [5.41, 5.74) is 3.25. The molecular weight excluding hydrogens is 835 g/mol. The van der Waals surface area contributed by atoms with Gasteiger partial charge in [-0.15, -0.1) is 11.3 Å². The Morgan fingerprint density at radius 1 is 0.887 bits per heavy atom. The third kappa shape index (κ3) is 9.40. The SMILES string of the molecule is COc1ccccc1-c1nccc(COc2ccccc2C[C@@H](Oc2ncnc3sc(-c4ccc(F)cc4)c(-c4ccc(OCCN5CCN(C)CC5)c(Cl)c4O)c23)C(=O)O)n1. The average Bonchev–Trinajstić information content (AvgIpc) is 3.68. The Balaban J connectivity index is 1.08. The number of ether oxygens (including phenoxy) is 4. The Hall–Kier alpha value is -6.39. The number of phenolic OH excluding ortho intramolecular Hbond substituents is 1. The number of piperazine rings is 1. The van der Waals surface area contributed by atoms with Gasteiger partial charge in [0.15, 0.2) is 5.82 Å². The average molecular weight is 877 g/mol. The number of aromatic nitrogens is 4. The van der Waals surface area contributed by atoms with E-state index in [0.29, 0.717) is 79.3 Å². The zero-order chi connectivity index (χ0) is 43.2. The van der Waals surface area contributed by atoms with Crippen LogP contribution in [0.1, 0.15) is 11.3 Å². The number of hydrogen-bond acceptors (Lipinski definition) is 13. The molecule has 13 nitrogen and oxygen atoms in total. The van der Waals surface area contributed by atoms with E-state index in [9.17, 15) is 19.4 Å². The molecule has 1 saturated heterocycles. The number of carbonyl (C=O) groups is 1. The van der Waals surface area contributed by atoms with Crippen LogP contribution in [0.2, 0.25) is 5.02 Å². The van der Waals surface area contributed by atoms with Gasteiger partial charge in [0.25, 0.3) is 0 Å². The molecule has 1 aliphatic heterocycles. The number of hydrogen-bond donors (Lipinski definition) is 2. The summed E-state index contributed by atoms with van der Waals surface area (Å²) < 4.78 is 38.2. The Morgan fingerprint density at radius 2 is 1.65 bits per heavy atom. The lowest BCUT2D eigenvalue weighted by atomic mass is 9.98. The number of aromatic hydroxyl groups is 1. The standard InChI is InChI=1S/C46H42ClFN6O7S/c1-53-19-21-54(22-20-53)23-24-59-36-16-15-33(41(55)40(36)47)38-39-44(50-27-51-45(39)62-42(38)28-11-13-30(48)14-12-28)61-37(46(56)57)25-29-7-3-5-9-34(29)60-26-31-17-18-49-43(52-31)32-8-4-6-10-35(32)58-2/h3-18,27,37,55H,19-26H2,1-2H3,(H,56,57)/t37-/m1/s1. The highest BCUT2D eigenvalue weighted by Crippen LogP contribution is 2.51. The minimum Gasteiger partial charge on any atom is -0.506 e. The van der Waals surface area contributed by atoms with Crippen molar-refractivity contribution in [3.63, 3.8) is 0 Å². The van der Waals surface area contributed by atoms with E-state index in [2.05, 4.69) is 36.8 Å². The van der Waals surface area contributed by atoms with Crippen molar-refractivity contribution in [1.82, 2.24) is 29.7 Å². The van der Waals surface area contributed by atoms with Crippen LogP contribution in [-0.2, 0) is 17.8 Å². The van der Waals surface area contributed by atoms with Crippen molar-refractivity contribution >= 4 is 39.1 Å². The number of para-hydroxylation sites is 2. The molecule has 4 heterocycles. The van der Waals surface area contributed by atoms with Crippen molar-refractivity contribution in [1.29, 1.82) is 0 Å². The first-order valence-corrected chi connectivity index (χ1v) is 21.0. The highest BCUT2D eigenvalue weighted by Gasteiger charge is 2.29. The van der Waals surface area contributed by atoms with Crippen LogP contribution in [0.25, 0.3) is 43.2 Å². The number of benzene rings is 4. The van der Waals surface area contributed by atoms with Crippen LogP contribution in [0.4, 0.5) is 4.39 Å². The van der Waals surface area contributed by atoms with Crippen molar-refractivity contribution in [2.45, 2.75) is 19.1 Å². The molecule has 4 aromatic carbocycles. The zero-order valence-corrected chi connectivity index (χ0v) is 35.4. The van der Waals surface area contributed by atoms with Crippen molar-refractivity contribution in [3.8, 4) is 61.8 Å². The van der Waals surface area contributed by atoms with Gasteiger partial charge in [0.2, 0.25) is 12.0 Å². The molecule has 1 aliphatic rings. The molecule has 1 fully saturated rings. The lowest BCUT2D eigenvalue weighted by molar-refractivity contribution is -0.145. The maximum atomic E-state index is 14.2. The van der Waals surface area contributed by atoms with Gasteiger partial charge >= 0.3 is 5.97 Å². The first-order valence-electron chi connectivity index (χ1n) is 19.8. The molecule has 0 amide bonds. The molecule has 0 radical (unpaired) electrons. The van der Waals surface area contributed by atoms with Gasteiger partial charge in [-0.05, 0) is 66.7 Å². The smallest absolute Gasteiger partial charge is 0.345 e. The first-order chi connectivity index (χ1) is 30.2.